The third kappa shape index (κ3) is 6.09. The summed E-state index contributed by atoms with van der Waals surface area (Å²) in [6.07, 6.45) is 1.30. The molecule has 162 valence electrons. The van der Waals surface area contributed by atoms with Crippen LogP contribution in [0.1, 0.15) is 39.5 Å². The lowest BCUT2D eigenvalue weighted by molar-refractivity contribution is -0.385. The summed E-state index contributed by atoms with van der Waals surface area (Å²) in [5, 5.41) is 17.8. The summed E-state index contributed by atoms with van der Waals surface area (Å²) < 4.78 is 0. The molecule has 0 radical (unpaired) electrons. The molecule has 0 spiro atoms. The van der Waals surface area contributed by atoms with Gasteiger partial charge in [0, 0.05) is 22.8 Å². The topological polar surface area (TPSA) is 114 Å². The van der Waals surface area contributed by atoms with E-state index in [2.05, 4.69) is 15.8 Å². The van der Waals surface area contributed by atoms with E-state index in [1.165, 1.54) is 12.3 Å². The predicted molar refractivity (Wildman–Crippen MR) is 121 cm³/mol. The van der Waals surface area contributed by atoms with Gasteiger partial charge in [-0.2, -0.15) is 5.10 Å². The fraction of sp³-hybridized carbons (Fsp3) is 0.125. The number of nitro groups is 1. The van der Waals surface area contributed by atoms with E-state index in [-0.39, 0.29) is 18.0 Å². The second-order valence-corrected chi connectivity index (χ2v) is 7.10. The third-order valence-electron chi connectivity index (χ3n) is 4.77. The Hall–Kier alpha value is -4.33. The number of amides is 2. The fourth-order valence-electron chi connectivity index (χ4n) is 3.08. The Bertz CT molecular complexity index is 1130. The van der Waals surface area contributed by atoms with Gasteiger partial charge in [0.25, 0.3) is 11.6 Å². The van der Waals surface area contributed by atoms with Crippen molar-refractivity contribution in [3.63, 3.8) is 0 Å². The first-order chi connectivity index (χ1) is 15.4. The number of carbonyl (C=O) groups excluding carboxylic acids is 2. The van der Waals surface area contributed by atoms with Crippen LogP contribution in [0, 0.1) is 17.0 Å². The van der Waals surface area contributed by atoms with E-state index < -0.39 is 16.9 Å². The van der Waals surface area contributed by atoms with Crippen molar-refractivity contribution in [2.75, 3.05) is 0 Å². The molecule has 0 aliphatic rings. The molecule has 0 heterocycles. The Morgan fingerprint density at radius 1 is 1.03 bits per heavy atom. The molecule has 0 unspecified atom stereocenters. The molecular formula is C24H22N4O4. The maximum absolute atomic E-state index is 12.6. The van der Waals surface area contributed by atoms with Gasteiger partial charge in [0.05, 0.1) is 23.6 Å². The third-order valence-corrected chi connectivity index (χ3v) is 4.77. The molecule has 8 heteroatoms. The molecule has 0 aliphatic carbocycles. The Morgan fingerprint density at radius 2 is 1.69 bits per heavy atom. The summed E-state index contributed by atoms with van der Waals surface area (Å²) in [6.45, 7) is 1.65. The number of aryl methyl sites for hydroxylation is 1. The highest BCUT2D eigenvalue weighted by molar-refractivity contribution is 5.94. The first-order valence-corrected chi connectivity index (χ1v) is 9.92. The van der Waals surface area contributed by atoms with Crippen LogP contribution in [0.3, 0.4) is 0 Å². The number of nitro benzene ring substituents is 1. The van der Waals surface area contributed by atoms with Gasteiger partial charge in [-0.25, -0.2) is 5.43 Å². The Balaban J connectivity index is 1.67. The van der Waals surface area contributed by atoms with Crippen LogP contribution in [-0.4, -0.2) is 23.0 Å². The zero-order valence-corrected chi connectivity index (χ0v) is 17.4. The van der Waals surface area contributed by atoms with Gasteiger partial charge in [0.2, 0.25) is 5.91 Å². The quantitative estimate of drug-likeness (QED) is 0.320. The minimum absolute atomic E-state index is 0.0203. The fourth-order valence-corrected chi connectivity index (χ4v) is 3.08. The van der Waals surface area contributed by atoms with Crippen molar-refractivity contribution >= 4 is 23.7 Å². The highest BCUT2D eigenvalue weighted by atomic mass is 16.6. The molecule has 0 saturated carbocycles. The van der Waals surface area contributed by atoms with Gasteiger partial charge in [0.15, 0.2) is 0 Å². The number of hydrogen-bond donors (Lipinski definition) is 2. The maximum Gasteiger partial charge on any atom is 0.272 e. The molecule has 8 nitrogen and oxygen atoms in total. The lowest BCUT2D eigenvalue weighted by atomic mass is 10.0. The molecule has 1 atom stereocenters. The molecule has 0 fully saturated rings. The Labute approximate surface area is 185 Å². The average Bonchev–Trinajstić information content (AvgIpc) is 2.80. The van der Waals surface area contributed by atoms with Crippen LogP contribution in [0.4, 0.5) is 5.69 Å². The standard InChI is InChI=1S/C24H22N4O4/c1-17-12-13-18(14-22(17)28(31)32)16-25-27-23(29)15-21(19-8-4-2-5-9-19)26-24(30)20-10-6-3-7-11-20/h2-14,16,21H,15H2,1H3,(H,26,30)(H,27,29)/b25-16-/t21-/m0/s1. The van der Waals surface area contributed by atoms with Gasteiger partial charge < -0.3 is 5.32 Å². The van der Waals surface area contributed by atoms with Crippen LogP contribution in [0.25, 0.3) is 0 Å². The largest absolute Gasteiger partial charge is 0.345 e. The second-order valence-electron chi connectivity index (χ2n) is 7.10. The van der Waals surface area contributed by atoms with Crippen molar-refractivity contribution in [3.05, 3.63) is 111 Å². The van der Waals surface area contributed by atoms with Gasteiger partial charge in [-0.3, -0.25) is 19.7 Å². The number of nitrogens with zero attached hydrogens (tertiary/aromatic N) is 2. The number of carbonyl (C=O) groups is 2. The van der Waals surface area contributed by atoms with E-state index in [1.807, 2.05) is 36.4 Å². The van der Waals surface area contributed by atoms with E-state index in [9.17, 15) is 19.7 Å². The molecule has 0 bridgehead atoms. The smallest absolute Gasteiger partial charge is 0.272 e. The normalized spacial score (nSPS) is 11.7. The van der Waals surface area contributed by atoms with Gasteiger partial charge in [0.1, 0.15) is 0 Å². The summed E-state index contributed by atoms with van der Waals surface area (Å²) >= 11 is 0. The zero-order valence-electron chi connectivity index (χ0n) is 17.4. The van der Waals surface area contributed by atoms with Crippen molar-refractivity contribution in [1.82, 2.24) is 10.7 Å². The average molecular weight is 430 g/mol. The van der Waals surface area contributed by atoms with Crippen LogP contribution in [-0.2, 0) is 4.79 Å². The summed E-state index contributed by atoms with van der Waals surface area (Å²) in [5.74, 6) is -0.701. The van der Waals surface area contributed by atoms with Crippen molar-refractivity contribution in [2.45, 2.75) is 19.4 Å². The van der Waals surface area contributed by atoms with Crippen LogP contribution in [0.5, 0.6) is 0 Å². The summed E-state index contributed by atoms with van der Waals surface area (Å²) in [5.41, 5.74) is 4.70. The molecule has 3 rings (SSSR count). The molecule has 0 aromatic heterocycles. The number of rotatable bonds is 8. The highest BCUT2D eigenvalue weighted by Crippen LogP contribution is 2.19. The lowest BCUT2D eigenvalue weighted by Crippen LogP contribution is -2.32. The van der Waals surface area contributed by atoms with E-state index in [1.54, 1.807) is 43.3 Å². The van der Waals surface area contributed by atoms with Crippen molar-refractivity contribution < 1.29 is 14.5 Å². The van der Waals surface area contributed by atoms with Crippen LogP contribution in [0.15, 0.2) is 84.0 Å². The first-order valence-electron chi connectivity index (χ1n) is 9.92. The molecule has 2 N–H and O–H groups in total. The van der Waals surface area contributed by atoms with Crippen molar-refractivity contribution in [1.29, 1.82) is 0 Å². The Kier molecular flexibility index (Phi) is 7.42. The maximum atomic E-state index is 12.6. The van der Waals surface area contributed by atoms with E-state index in [4.69, 9.17) is 0 Å². The molecule has 0 saturated heterocycles. The molecule has 3 aromatic rings. The van der Waals surface area contributed by atoms with Crippen LogP contribution >= 0.6 is 0 Å². The summed E-state index contributed by atoms with van der Waals surface area (Å²) in [6, 6.07) is 22.0. The predicted octanol–water partition coefficient (Wildman–Crippen LogP) is 3.91. The SMILES string of the molecule is Cc1ccc(/C=N\NC(=O)C[C@H](NC(=O)c2ccccc2)c2ccccc2)cc1[N+](=O)[O-]. The summed E-state index contributed by atoms with van der Waals surface area (Å²) in [7, 11) is 0. The zero-order chi connectivity index (χ0) is 22.9. The van der Waals surface area contributed by atoms with E-state index in [0.717, 1.165) is 5.56 Å². The Morgan fingerprint density at radius 3 is 2.34 bits per heavy atom. The van der Waals surface area contributed by atoms with E-state index >= 15 is 0 Å². The summed E-state index contributed by atoms with van der Waals surface area (Å²) in [4.78, 5) is 35.7. The minimum atomic E-state index is -0.556. The molecule has 32 heavy (non-hydrogen) atoms. The van der Waals surface area contributed by atoms with Gasteiger partial charge >= 0.3 is 0 Å². The van der Waals surface area contributed by atoms with Crippen LogP contribution < -0.4 is 10.7 Å². The number of hydrogen-bond acceptors (Lipinski definition) is 5. The second kappa shape index (κ2) is 10.6. The number of benzene rings is 3. The van der Waals surface area contributed by atoms with E-state index in [0.29, 0.717) is 16.7 Å². The highest BCUT2D eigenvalue weighted by Gasteiger charge is 2.19. The lowest BCUT2D eigenvalue weighted by Gasteiger charge is -2.18. The monoisotopic (exact) mass is 430 g/mol. The van der Waals surface area contributed by atoms with Crippen LogP contribution in [0.2, 0.25) is 0 Å². The van der Waals surface area contributed by atoms with Gasteiger partial charge in [-0.1, -0.05) is 60.7 Å². The van der Waals surface area contributed by atoms with Crippen molar-refractivity contribution in [3.8, 4) is 0 Å². The van der Waals surface area contributed by atoms with Crippen molar-refractivity contribution in [2.24, 2.45) is 5.10 Å². The van der Waals surface area contributed by atoms with Gasteiger partial charge in [-0.15, -0.1) is 0 Å². The first kappa shape index (κ1) is 22.4. The minimum Gasteiger partial charge on any atom is -0.345 e. The molecular weight excluding hydrogens is 408 g/mol. The molecule has 2 amide bonds. The van der Waals surface area contributed by atoms with Gasteiger partial charge in [-0.05, 0) is 24.6 Å². The number of hydrazone groups is 1. The number of nitrogens with one attached hydrogen (secondary N) is 2. The molecule has 0 aliphatic heterocycles. The molecule has 3 aromatic carbocycles.